The summed E-state index contributed by atoms with van der Waals surface area (Å²) in [5.74, 6) is 1.93. The van der Waals surface area contributed by atoms with Gasteiger partial charge in [0, 0.05) is 6.42 Å². The van der Waals surface area contributed by atoms with Gasteiger partial charge in [-0.3, -0.25) is 4.79 Å². The summed E-state index contributed by atoms with van der Waals surface area (Å²) in [6.07, 6.45) is -0.579. The van der Waals surface area contributed by atoms with Crippen LogP contribution in [-0.2, 0) is 25.7 Å². The Morgan fingerprint density at radius 1 is 1.13 bits per heavy atom. The molecule has 0 saturated carbocycles. The first-order valence-corrected chi connectivity index (χ1v) is 12.8. The molecular formula is C22H32N2O5Si. The van der Waals surface area contributed by atoms with Gasteiger partial charge >= 0.3 is 12.1 Å². The second kappa shape index (κ2) is 11.4. The van der Waals surface area contributed by atoms with Crippen LogP contribution in [0.3, 0.4) is 0 Å². The monoisotopic (exact) mass is 432 g/mol. The zero-order valence-electron chi connectivity index (χ0n) is 18.6. The van der Waals surface area contributed by atoms with Crippen molar-refractivity contribution in [2.75, 3.05) is 13.7 Å². The van der Waals surface area contributed by atoms with Crippen LogP contribution in [0, 0.1) is 11.5 Å². The summed E-state index contributed by atoms with van der Waals surface area (Å²) in [6, 6.07) is 8.29. The number of hydrogen-bond acceptors (Lipinski definition) is 5. The molecule has 1 aromatic rings. The maximum atomic E-state index is 12.1. The van der Waals surface area contributed by atoms with Crippen molar-refractivity contribution in [1.29, 1.82) is 0 Å². The number of hydrogen-bond donors (Lipinski definition) is 2. The largest absolute Gasteiger partial charge is 0.467 e. The van der Waals surface area contributed by atoms with Crippen molar-refractivity contribution in [1.82, 2.24) is 10.6 Å². The normalized spacial score (nSPS) is 12.1. The fourth-order valence-electron chi connectivity index (χ4n) is 2.07. The Hall–Kier alpha value is -2.79. The highest BCUT2D eigenvalue weighted by Gasteiger charge is 2.33. The average Bonchev–Trinajstić information content (AvgIpc) is 2.69. The van der Waals surface area contributed by atoms with Gasteiger partial charge in [0.1, 0.15) is 27.3 Å². The number of amides is 2. The first-order chi connectivity index (χ1) is 14.0. The van der Waals surface area contributed by atoms with Gasteiger partial charge in [-0.05, 0) is 10.6 Å². The summed E-state index contributed by atoms with van der Waals surface area (Å²) in [6.45, 7) is 10.5. The van der Waals surface area contributed by atoms with Crippen LogP contribution >= 0.6 is 0 Å². The fourth-order valence-corrected chi connectivity index (χ4v) is 2.99. The van der Waals surface area contributed by atoms with Gasteiger partial charge < -0.3 is 20.1 Å². The van der Waals surface area contributed by atoms with Crippen molar-refractivity contribution in [3.63, 3.8) is 0 Å². The third-order valence-electron chi connectivity index (χ3n) is 5.01. The van der Waals surface area contributed by atoms with Crippen LogP contribution in [-0.4, -0.2) is 45.7 Å². The van der Waals surface area contributed by atoms with E-state index in [1.165, 1.54) is 7.11 Å². The van der Waals surface area contributed by atoms with E-state index in [2.05, 4.69) is 56.0 Å². The molecule has 0 saturated heterocycles. The maximum Gasteiger partial charge on any atom is 0.407 e. The van der Waals surface area contributed by atoms with Crippen LogP contribution in [0.1, 0.15) is 32.8 Å². The van der Waals surface area contributed by atoms with Crippen molar-refractivity contribution in [2.45, 2.75) is 58.0 Å². The molecule has 0 bridgehead atoms. The Morgan fingerprint density at radius 2 is 1.77 bits per heavy atom. The minimum atomic E-state index is -1.82. The lowest BCUT2D eigenvalue weighted by atomic mass is 10.2. The third-order valence-corrected chi connectivity index (χ3v) is 9.56. The fraction of sp³-hybridized carbons (Fsp3) is 0.500. The lowest BCUT2D eigenvalue weighted by Crippen LogP contribution is -2.46. The van der Waals surface area contributed by atoms with E-state index in [0.29, 0.717) is 0 Å². The molecular weight excluding hydrogens is 400 g/mol. The van der Waals surface area contributed by atoms with Crippen LogP contribution in [0.5, 0.6) is 0 Å². The van der Waals surface area contributed by atoms with E-state index in [-0.39, 0.29) is 24.6 Å². The summed E-state index contributed by atoms with van der Waals surface area (Å²) in [4.78, 5) is 35.9. The molecule has 0 radical (unpaired) electrons. The van der Waals surface area contributed by atoms with Gasteiger partial charge in [-0.2, -0.15) is 0 Å². The van der Waals surface area contributed by atoms with Gasteiger partial charge in [-0.1, -0.05) is 64.2 Å². The van der Waals surface area contributed by atoms with E-state index in [1.807, 2.05) is 30.3 Å². The number of benzene rings is 1. The summed E-state index contributed by atoms with van der Waals surface area (Å²) in [5.41, 5.74) is 4.14. The molecule has 0 unspecified atom stereocenters. The van der Waals surface area contributed by atoms with Crippen LogP contribution in [0.25, 0.3) is 0 Å². The lowest BCUT2D eigenvalue weighted by Gasteiger charge is -2.31. The second-order valence-electron chi connectivity index (χ2n) is 8.44. The molecule has 8 heteroatoms. The zero-order chi connectivity index (χ0) is 22.8. The van der Waals surface area contributed by atoms with Crippen LogP contribution in [0.2, 0.25) is 18.1 Å². The minimum absolute atomic E-state index is 0.0913. The quantitative estimate of drug-likeness (QED) is 0.392. The Bertz CT molecular complexity index is 791. The van der Waals surface area contributed by atoms with Crippen molar-refractivity contribution in [3.8, 4) is 11.5 Å². The SMILES string of the molecule is COC(=O)[C@@H](CC#C[Si](C)(C)C(C)(C)C)NC(=O)CNC(=O)OCc1ccccc1. The number of alkyl carbamates (subject to hydrolysis) is 1. The van der Waals surface area contributed by atoms with Crippen molar-refractivity contribution in [2.24, 2.45) is 0 Å². The highest BCUT2D eigenvalue weighted by atomic mass is 28.3. The number of nitrogens with one attached hydrogen (secondary N) is 2. The Morgan fingerprint density at radius 3 is 2.33 bits per heavy atom. The first kappa shape index (κ1) is 25.2. The molecule has 0 spiro atoms. The molecule has 0 aliphatic heterocycles. The predicted octanol–water partition coefficient (Wildman–Crippen LogP) is 3.01. The van der Waals surface area contributed by atoms with Crippen LogP contribution in [0.4, 0.5) is 4.79 Å². The molecule has 2 amide bonds. The van der Waals surface area contributed by atoms with E-state index in [9.17, 15) is 14.4 Å². The van der Waals surface area contributed by atoms with Crippen LogP contribution < -0.4 is 10.6 Å². The molecule has 2 N–H and O–H groups in total. The van der Waals surface area contributed by atoms with Gasteiger partial charge in [0.15, 0.2) is 0 Å². The number of esters is 1. The van der Waals surface area contributed by atoms with E-state index in [1.54, 1.807) is 0 Å². The number of carbonyl (C=O) groups is 3. The Labute approximate surface area is 179 Å². The molecule has 7 nitrogen and oxygen atoms in total. The minimum Gasteiger partial charge on any atom is -0.467 e. The summed E-state index contributed by atoms with van der Waals surface area (Å²) in [7, 11) is -0.572. The summed E-state index contributed by atoms with van der Waals surface area (Å²) < 4.78 is 9.80. The molecule has 0 fully saturated rings. The van der Waals surface area contributed by atoms with Gasteiger partial charge in [0.25, 0.3) is 0 Å². The highest BCUT2D eigenvalue weighted by Crippen LogP contribution is 2.35. The topological polar surface area (TPSA) is 93.7 Å². The second-order valence-corrected chi connectivity index (χ2v) is 13.4. The molecule has 0 aliphatic rings. The number of methoxy groups -OCH3 is 1. The molecule has 0 aromatic heterocycles. The smallest absolute Gasteiger partial charge is 0.407 e. The molecule has 30 heavy (non-hydrogen) atoms. The van der Waals surface area contributed by atoms with E-state index in [0.717, 1.165) is 5.56 Å². The lowest BCUT2D eigenvalue weighted by molar-refractivity contribution is -0.144. The van der Waals surface area contributed by atoms with Crippen molar-refractivity contribution in [3.05, 3.63) is 35.9 Å². The van der Waals surface area contributed by atoms with Gasteiger partial charge in [-0.15, -0.1) is 11.5 Å². The summed E-state index contributed by atoms with van der Waals surface area (Å²) >= 11 is 0. The van der Waals surface area contributed by atoms with Crippen molar-refractivity contribution >= 4 is 26.0 Å². The molecule has 1 rings (SSSR count). The third kappa shape index (κ3) is 8.70. The number of ether oxygens (including phenoxy) is 2. The Kier molecular flexibility index (Phi) is 9.60. The van der Waals surface area contributed by atoms with Gasteiger partial charge in [0.2, 0.25) is 5.91 Å². The summed E-state index contributed by atoms with van der Waals surface area (Å²) in [5, 5.41) is 5.00. The number of rotatable bonds is 7. The average molecular weight is 433 g/mol. The van der Waals surface area contributed by atoms with Gasteiger partial charge in [0.05, 0.1) is 7.11 Å². The van der Waals surface area contributed by atoms with Crippen LogP contribution in [0.15, 0.2) is 30.3 Å². The van der Waals surface area contributed by atoms with E-state index >= 15 is 0 Å². The first-order valence-electron chi connectivity index (χ1n) is 9.78. The maximum absolute atomic E-state index is 12.1. The standard InChI is InChI=1S/C22H32N2O5Si/c1-22(2,3)30(5,6)14-10-13-18(20(26)28-4)24-19(25)15-23-21(27)29-16-17-11-8-7-9-12-17/h7-9,11-12,18H,13,15-16H2,1-6H3,(H,23,27)(H,24,25)/t18-/m1/s1. The van der Waals surface area contributed by atoms with E-state index in [4.69, 9.17) is 9.47 Å². The molecule has 1 aromatic carbocycles. The van der Waals surface area contributed by atoms with E-state index < -0.39 is 32.1 Å². The highest BCUT2D eigenvalue weighted by molar-refractivity contribution is 6.87. The number of carbonyl (C=O) groups excluding carboxylic acids is 3. The molecule has 164 valence electrons. The zero-order valence-corrected chi connectivity index (χ0v) is 19.6. The van der Waals surface area contributed by atoms with Gasteiger partial charge in [-0.25, -0.2) is 9.59 Å². The molecule has 1 atom stereocenters. The Balaban J connectivity index is 2.55. The van der Waals surface area contributed by atoms with Crippen molar-refractivity contribution < 1.29 is 23.9 Å². The molecule has 0 heterocycles. The molecule has 0 aliphatic carbocycles. The predicted molar refractivity (Wildman–Crippen MR) is 118 cm³/mol.